The predicted molar refractivity (Wildman–Crippen MR) is 33.8 cm³/mol. The van der Waals surface area contributed by atoms with Crippen molar-refractivity contribution < 1.29 is 0 Å². The molecule has 3 N–H and O–H groups in total. The van der Waals surface area contributed by atoms with Crippen LogP contribution in [0.25, 0.3) is 0 Å². The lowest BCUT2D eigenvalue weighted by Gasteiger charge is -1.89. The molecule has 1 rings (SSSR count). The lowest BCUT2D eigenvalue weighted by molar-refractivity contribution is 1.07. The Labute approximate surface area is 48.9 Å². The number of nitrogens with two attached hydrogens (primary N) is 1. The van der Waals surface area contributed by atoms with Gasteiger partial charge in [-0.25, -0.2) is 0 Å². The molecule has 44 valence electrons. The van der Waals surface area contributed by atoms with Gasteiger partial charge in [-0.2, -0.15) is 0 Å². The zero-order valence-electron chi connectivity index (χ0n) is 4.72. The van der Waals surface area contributed by atoms with Crippen LogP contribution in [0.15, 0.2) is 11.8 Å². The van der Waals surface area contributed by atoms with E-state index in [9.17, 15) is 0 Å². The minimum absolute atomic E-state index is 0.623. The van der Waals surface area contributed by atoms with Crippen LogP contribution in [-0.4, -0.2) is 6.21 Å². The van der Waals surface area contributed by atoms with Crippen molar-refractivity contribution in [2.75, 3.05) is 0 Å². The molecule has 0 unspecified atom stereocenters. The van der Waals surface area contributed by atoms with Crippen molar-refractivity contribution in [2.45, 2.75) is 12.8 Å². The van der Waals surface area contributed by atoms with E-state index >= 15 is 0 Å². The number of rotatable bonds is 2. The molecular formula is C6H10N2. The second kappa shape index (κ2) is 1.99. The average Bonchev–Trinajstić information content (AvgIpc) is 2.53. The number of hydrogen-bond acceptors (Lipinski definition) is 2. The number of allylic oxidation sites excluding steroid dienone is 1. The normalized spacial score (nSPS) is 20.8. The monoisotopic (exact) mass is 110 g/mol. The van der Waals surface area contributed by atoms with Crippen LogP contribution < -0.4 is 5.73 Å². The fraction of sp³-hybridized carbons (Fsp3) is 0.500. The maximum Gasteiger partial charge on any atom is 0.0227 e. The second-order valence-corrected chi connectivity index (χ2v) is 2.09. The minimum atomic E-state index is 0.623. The summed E-state index contributed by atoms with van der Waals surface area (Å²) in [6.07, 6.45) is 5.32. The summed E-state index contributed by atoms with van der Waals surface area (Å²) in [7, 11) is 0. The third kappa shape index (κ3) is 0.886. The molecule has 0 aromatic carbocycles. The second-order valence-electron chi connectivity index (χ2n) is 2.09. The van der Waals surface area contributed by atoms with E-state index in [0.717, 1.165) is 5.57 Å². The van der Waals surface area contributed by atoms with Crippen molar-refractivity contribution in [3.63, 3.8) is 0 Å². The van der Waals surface area contributed by atoms with Crippen LogP contribution >= 0.6 is 0 Å². The van der Waals surface area contributed by atoms with Gasteiger partial charge in [-0.1, -0.05) is 0 Å². The maximum absolute atomic E-state index is 6.86. The molecule has 2 nitrogen and oxygen atoms in total. The SMILES string of the molecule is N=C/C(=C\N)C1CC1. The summed E-state index contributed by atoms with van der Waals surface area (Å²) in [6.45, 7) is 0. The molecule has 0 radical (unpaired) electrons. The molecule has 1 fully saturated rings. The molecular weight excluding hydrogens is 100 g/mol. The smallest absolute Gasteiger partial charge is 0.0227 e. The van der Waals surface area contributed by atoms with Gasteiger partial charge >= 0.3 is 0 Å². The molecule has 0 bridgehead atoms. The lowest BCUT2D eigenvalue weighted by atomic mass is 10.2. The predicted octanol–water partition coefficient (Wildman–Crippen LogP) is 0.889. The quantitative estimate of drug-likeness (QED) is 0.509. The Kier molecular flexibility index (Phi) is 1.33. The molecule has 1 saturated carbocycles. The van der Waals surface area contributed by atoms with E-state index < -0.39 is 0 Å². The van der Waals surface area contributed by atoms with Crippen molar-refractivity contribution in [1.29, 1.82) is 5.41 Å². The van der Waals surface area contributed by atoms with Gasteiger partial charge in [-0.15, -0.1) is 0 Å². The summed E-state index contributed by atoms with van der Waals surface area (Å²) in [5, 5.41) is 6.86. The lowest BCUT2D eigenvalue weighted by Crippen LogP contribution is -1.91. The molecule has 0 amide bonds. The first-order valence-electron chi connectivity index (χ1n) is 2.80. The first-order chi connectivity index (χ1) is 3.88. The fourth-order valence-corrected chi connectivity index (χ4v) is 0.719. The molecule has 2 heteroatoms. The first kappa shape index (κ1) is 5.35. The van der Waals surface area contributed by atoms with Crippen molar-refractivity contribution >= 4 is 6.21 Å². The fourth-order valence-electron chi connectivity index (χ4n) is 0.719. The highest BCUT2D eigenvalue weighted by molar-refractivity contribution is 5.76. The van der Waals surface area contributed by atoms with Crippen LogP contribution in [0.1, 0.15) is 12.8 Å². The van der Waals surface area contributed by atoms with E-state index in [-0.39, 0.29) is 0 Å². The maximum atomic E-state index is 6.86. The van der Waals surface area contributed by atoms with E-state index in [1.807, 2.05) is 0 Å². The Hall–Kier alpha value is -0.790. The van der Waals surface area contributed by atoms with Gasteiger partial charge in [0.15, 0.2) is 0 Å². The highest BCUT2D eigenvalue weighted by Gasteiger charge is 2.23. The molecule has 0 atom stereocenters. The average molecular weight is 110 g/mol. The van der Waals surface area contributed by atoms with Crippen LogP contribution in [0.2, 0.25) is 0 Å². The molecule has 1 aliphatic rings. The van der Waals surface area contributed by atoms with Gasteiger partial charge in [-0.05, 0) is 30.5 Å². The van der Waals surface area contributed by atoms with Crippen LogP contribution in [0.3, 0.4) is 0 Å². The van der Waals surface area contributed by atoms with Gasteiger partial charge in [-0.3, -0.25) is 0 Å². The topological polar surface area (TPSA) is 49.9 Å². The summed E-state index contributed by atoms with van der Waals surface area (Å²) < 4.78 is 0. The number of nitrogens with one attached hydrogen (secondary N) is 1. The van der Waals surface area contributed by atoms with E-state index in [2.05, 4.69) is 0 Å². The molecule has 0 heterocycles. The molecule has 1 aliphatic carbocycles. The van der Waals surface area contributed by atoms with Gasteiger partial charge in [0.2, 0.25) is 0 Å². The summed E-state index contributed by atoms with van der Waals surface area (Å²) in [4.78, 5) is 0. The summed E-state index contributed by atoms with van der Waals surface area (Å²) >= 11 is 0. The van der Waals surface area contributed by atoms with Gasteiger partial charge in [0.05, 0.1) is 0 Å². The standard InChI is InChI=1S/C6H10N2/c7-3-6(4-8)5-1-2-5/h3-5,7H,1-2,8H2/b6-4+,7-3?. The van der Waals surface area contributed by atoms with Crippen LogP contribution in [0.5, 0.6) is 0 Å². The minimum Gasteiger partial charge on any atom is -0.404 e. The van der Waals surface area contributed by atoms with Crippen molar-refractivity contribution in [2.24, 2.45) is 11.7 Å². The van der Waals surface area contributed by atoms with E-state index in [0.29, 0.717) is 5.92 Å². The van der Waals surface area contributed by atoms with E-state index in [1.54, 1.807) is 0 Å². The zero-order chi connectivity index (χ0) is 5.98. The summed E-state index contributed by atoms with van der Waals surface area (Å²) in [6, 6.07) is 0. The Bertz CT molecular complexity index is 122. The van der Waals surface area contributed by atoms with Gasteiger partial charge in [0.1, 0.15) is 0 Å². The zero-order valence-corrected chi connectivity index (χ0v) is 4.72. The third-order valence-electron chi connectivity index (χ3n) is 1.41. The van der Waals surface area contributed by atoms with Crippen LogP contribution in [0, 0.1) is 11.3 Å². The van der Waals surface area contributed by atoms with Crippen LogP contribution in [-0.2, 0) is 0 Å². The molecule has 0 aliphatic heterocycles. The summed E-state index contributed by atoms with van der Waals surface area (Å²) in [5.74, 6) is 0.623. The van der Waals surface area contributed by atoms with Gasteiger partial charge in [0, 0.05) is 6.21 Å². The van der Waals surface area contributed by atoms with Crippen molar-refractivity contribution in [3.05, 3.63) is 11.8 Å². The Balaban J connectivity index is 2.49. The Morgan fingerprint density at radius 2 is 2.25 bits per heavy atom. The van der Waals surface area contributed by atoms with Crippen molar-refractivity contribution in [3.8, 4) is 0 Å². The third-order valence-corrected chi connectivity index (χ3v) is 1.41. The Morgan fingerprint density at radius 1 is 1.62 bits per heavy atom. The molecule has 0 saturated heterocycles. The molecule has 0 aromatic rings. The highest BCUT2D eigenvalue weighted by atomic mass is 14.5. The Morgan fingerprint density at radius 3 is 2.38 bits per heavy atom. The molecule has 0 spiro atoms. The van der Waals surface area contributed by atoms with Gasteiger partial charge in [0.25, 0.3) is 0 Å². The highest BCUT2D eigenvalue weighted by Crippen LogP contribution is 2.34. The number of hydrogen-bond donors (Lipinski definition) is 2. The first-order valence-corrected chi connectivity index (χ1v) is 2.80. The largest absolute Gasteiger partial charge is 0.404 e. The van der Waals surface area contributed by atoms with Gasteiger partial charge < -0.3 is 11.1 Å². The molecule has 8 heavy (non-hydrogen) atoms. The summed E-state index contributed by atoms with van der Waals surface area (Å²) in [5.41, 5.74) is 6.20. The van der Waals surface area contributed by atoms with E-state index in [1.165, 1.54) is 25.3 Å². The van der Waals surface area contributed by atoms with E-state index in [4.69, 9.17) is 11.1 Å². The van der Waals surface area contributed by atoms with Crippen molar-refractivity contribution in [1.82, 2.24) is 0 Å². The van der Waals surface area contributed by atoms with Crippen LogP contribution in [0.4, 0.5) is 0 Å². The molecule has 0 aromatic heterocycles.